The average Bonchev–Trinajstić information content (AvgIpc) is 3.16. The molecule has 3 atom stereocenters. The van der Waals surface area contributed by atoms with Crippen molar-refractivity contribution in [3.05, 3.63) is 47.2 Å². The van der Waals surface area contributed by atoms with Gasteiger partial charge in [0.15, 0.2) is 5.79 Å². The first-order chi connectivity index (χ1) is 14.5. The Labute approximate surface area is 178 Å². The van der Waals surface area contributed by atoms with E-state index in [9.17, 15) is 0 Å². The van der Waals surface area contributed by atoms with Gasteiger partial charge in [-0.15, -0.1) is 0 Å². The van der Waals surface area contributed by atoms with E-state index in [1.807, 2.05) is 19.3 Å². The summed E-state index contributed by atoms with van der Waals surface area (Å²) in [5, 5.41) is 0. The van der Waals surface area contributed by atoms with Crippen LogP contribution < -0.4 is 4.74 Å². The number of hydrogen-bond acceptors (Lipinski definition) is 6. The van der Waals surface area contributed by atoms with Crippen LogP contribution in [-0.4, -0.2) is 40.6 Å². The lowest BCUT2D eigenvalue weighted by Crippen LogP contribution is -2.34. The Morgan fingerprint density at radius 1 is 1.07 bits per heavy atom. The topological polar surface area (TPSA) is 66.4 Å². The lowest BCUT2D eigenvalue weighted by Gasteiger charge is -2.35. The van der Waals surface area contributed by atoms with E-state index < -0.39 is 0 Å². The van der Waals surface area contributed by atoms with Gasteiger partial charge in [-0.25, -0.2) is 4.98 Å². The maximum Gasteiger partial charge on any atom is 0.220 e. The number of aryl methyl sites for hydroxylation is 2. The number of pyridine rings is 1. The van der Waals surface area contributed by atoms with Crippen molar-refractivity contribution in [1.29, 1.82) is 0 Å². The number of nitrogens with zero attached hydrogens (tertiary/aromatic N) is 3. The molecule has 1 spiro atoms. The molecule has 160 valence electrons. The van der Waals surface area contributed by atoms with Crippen molar-refractivity contribution in [3.8, 4) is 5.88 Å². The molecule has 6 nitrogen and oxygen atoms in total. The summed E-state index contributed by atoms with van der Waals surface area (Å²) in [5.41, 5.74) is 3.50. The first-order valence-corrected chi connectivity index (χ1v) is 11.2. The third-order valence-corrected chi connectivity index (χ3v) is 7.15. The molecular weight excluding hydrogens is 378 g/mol. The maximum atomic E-state index is 6.32. The standard InChI is InChI=1S/C24H31N3O3/c1-15-4-5-21(26-12-15)22-16(2)20(22)14-28-23-19(13-25-17(3)27-23)18-6-8-24(9-7-18)29-10-11-30-24/h4-5,12-13,16,18,20,22H,6-11,14H2,1-3H3. The number of hydrogen-bond donors (Lipinski definition) is 0. The van der Waals surface area contributed by atoms with Gasteiger partial charge >= 0.3 is 0 Å². The van der Waals surface area contributed by atoms with Crippen LogP contribution >= 0.6 is 0 Å². The summed E-state index contributed by atoms with van der Waals surface area (Å²) in [6, 6.07) is 4.30. The minimum absolute atomic E-state index is 0.346. The monoisotopic (exact) mass is 409 g/mol. The highest BCUT2D eigenvalue weighted by Crippen LogP contribution is 2.53. The van der Waals surface area contributed by atoms with Gasteiger partial charge in [0.05, 0.1) is 19.8 Å². The number of rotatable bonds is 5. The fourth-order valence-electron chi connectivity index (χ4n) is 5.15. The van der Waals surface area contributed by atoms with Crippen molar-refractivity contribution >= 4 is 0 Å². The maximum absolute atomic E-state index is 6.32. The van der Waals surface area contributed by atoms with E-state index in [0.29, 0.717) is 43.5 Å². The van der Waals surface area contributed by atoms with E-state index in [1.165, 1.54) is 11.3 Å². The molecule has 30 heavy (non-hydrogen) atoms. The first-order valence-electron chi connectivity index (χ1n) is 11.2. The minimum Gasteiger partial charge on any atom is -0.477 e. The summed E-state index contributed by atoms with van der Waals surface area (Å²) >= 11 is 0. The second-order valence-electron chi connectivity index (χ2n) is 9.18. The minimum atomic E-state index is -0.346. The molecule has 0 radical (unpaired) electrons. The van der Waals surface area contributed by atoms with Gasteiger partial charge in [-0.1, -0.05) is 13.0 Å². The van der Waals surface area contributed by atoms with Crippen LogP contribution in [0.5, 0.6) is 5.88 Å². The Hall–Kier alpha value is -2.05. The Morgan fingerprint density at radius 2 is 1.83 bits per heavy atom. The molecule has 5 rings (SSSR count). The lowest BCUT2D eigenvalue weighted by molar-refractivity contribution is -0.178. The van der Waals surface area contributed by atoms with Gasteiger partial charge in [0, 0.05) is 48.3 Å². The zero-order valence-electron chi connectivity index (χ0n) is 18.1. The van der Waals surface area contributed by atoms with Crippen molar-refractivity contribution in [2.75, 3.05) is 19.8 Å². The Bertz CT molecular complexity index is 885. The molecule has 0 N–H and O–H groups in total. The van der Waals surface area contributed by atoms with E-state index in [0.717, 1.165) is 43.0 Å². The summed E-state index contributed by atoms with van der Waals surface area (Å²) in [5.74, 6) is 3.10. The molecule has 1 aliphatic heterocycles. The van der Waals surface area contributed by atoms with Crippen LogP contribution in [0.1, 0.15) is 67.1 Å². The van der Waals surface area contributed by atoms with E-state index >= 15 is 0 Å². The van der Waals surface area contributed by atoms with Crippen molar-refractivity contribution in [1.82, 2.24) is 15.0 Å². The summed E-state index contributed by atoms with van der Waals surface area (Å²) < 4.78 is 18.1. The molecule has 2 aromatic rings. The third-order valence-electron chi connectivity index (χ3n) is 7.15. The molecule has 0 amide bonds. The summed E-state index contributed by atoms with van der Waals surface area (Å²) in [6.07, 6.45) is 7.79. The molecule has 3 fully saturated rings. The number of ether oxygens (including phenoxy) is 3. The average molecular weight is 410 g/mol. The first kappa shape index (κ1) is 19.9. The van der Waals surface area contributed by atoms with Crippen LogP contribution in [0.25, 0.3) is 0 Å². The molecule has 0 bridgehead atoms. The van der Waals surface area contributed by atoms with Gasteiger partial charge in [0.2, 0.25) is 5.88 Å². The largest absolute Gasteiger partial charge is 0.477 e. The second-order valence-corrected chi connectivity index (χ2v) is 9.18. The smallest absolute Gasteiger partial charge is 0.220 e. The van der Waals surface area contributed by atoms with E-state index in [1.54, 1.807) is 0 Å². The molecular formula is C24H31N3O3. The van der Waals surface area contributed by atoms with Crippen molar-refractivity contribution < 1.29 is 14.2 Å². The highest BCUT2D eigenvalue weighted by molar-refractivity contribution is 5.29. The van der Waals surface area contributed by atoms with Crippen LogP contribution in [0.3, 0.4) is 0 Å². The van der Waals surface area contributed by atoms with Gasteiger partial charge < -0.3 is 14.2 Å². The van der Waals surface area contributed by atoms with Gasteiger partial charge in [-0.2, -0.15) is 4.98 Å². The molecule has 0 aromatic carbocycles. The van der Waals surface area contributed by atoms with Crippen LogP contribution in [0.4, 0.5) is 0 Å². The van der Waals surface area contributed by atoms with Crippen molar-refractivity contribution in [2.45, 2.75) is 64.1 Å². The van der Waals surface area contributed by atoms with Crippen molar-refractivity contribution in [3.63, 3.8) is 0 Å². The molecule has 3 aliphatic rings. The fourth-order valence-corrected chi connectivity index (χ4v) is 5.15. The highest BCUT2D eigenvalue weighted by atomic mass is 16.7. The summed E-state index contributed by atoms with van der Waals surface area (Å²) in [7, 11) is 0. The zero-order valence-corrected chi connectivity index (χ0v) is 18.1. The van der Waals surface area contributed by atoms with Gasteiger partial charge in [-0.3, -0.25) is 4.98 Å². The molecule has 3 heterocycles. The summed E-state index contributed by atoms with van der Waals surface area (Å²) in [6.45, 7) is 8.38. The molecule has 2 aliphatic carbocycles. The Balaban J connectivity index is 1.25. The van der Waals surface area contributed by atoms with E-state index in [4.69, 9.17) is 14.2 Å². The second kappa shape index (κ2) is 7.89. The summed E-state index contributed by atoms with van der Waals surface area (Å²) in [4.78, 5) is 13.8. The van der Waals surface area contributed by atoms with Gasteiger partial charge in [-0.05, 0) is 50.2 Å². The molecule has 3 unspecified atom stereocenters. The van der Waals surface area contributed by atoms with Crippen molar-refractivity contribution in [2.24, 2.45) is 11.8 Å². The predicted molar refractivity (Wildman–Crippen MR) is 112 cm³/mol. The van der Waals surface area contributed by atoms with Crippen LogP contribution in [0.2, 0.25) is 0 Å². The molecule has 6 heteroatoms. The Morgan fingerprint density at radius 3 is 2.53 bits per heavy atom. The predicted octanol–water partition coefficient (Wildman–Crippen LogP) is 4.32. The molecule has 2 saturated carbocycles. The fraction of sp³-hybridized carbons (Fsp3) is 0.625. The third kappa shape index (κ3) is 3.83. The SMILES string of the molecule is Cc1ccc(C2C(C)C2COc2nc(C)ncc2C2CCC3(CC2)OCCO3)nc1. The normalized spacial score (nSPS) is 28.0. The van der Waals surface area contributed by atoms with Crippen LogP contribution in [0.15, 0.2) is 24.5 Å². The van der Waals surface area contributed by atoms with Gasteiger partial charge in [0.1, 0.15) is 5.82 Å². The molecule has 1 saturated heterocycles. The zero-order chi connectivity index (χ0) is 20.7. The van der Waals surface area contributed by atoms with E-state index in [2.05, 4.69) is 40.9 Å². The Kier molecular flexibility index (Phi) is 5.23. The van der Waals surface area contributed by atoms with Crippen LogP contribution in [-0.2, 0) is 9.47 Å². The highest BCUT2D eigenvalue weighted by Gasteiger charge is 2.49. The van der Waals surface area contributed by atoms with Crippen LogP contribution in [0, 0.1) is 25.7 Å². The van der Waals surface area contributed by atoms with Gasteiger partial charge in [0.25, 0.3) is 0 Å². The lowest BCUT2D eigenvalue weighted by atomic mass is 9.81. The van der Waals surface area contributed by atoms with E-state index in [-0.39, 0.29) is 5.79 Å². The molecule has 2 aromatic heterocycles. The number of aromatic nitrogens is 3. The quantitative estimate of drug-likeness (QED) is 0.733.